The van der Waals surface area contributed by atoms with Gasteiger partial charge in [0.05, 0.1) is 19.1 Å². The van der Waals surface area contributed by atoms with E-state index in [0.717, 1.165) is 12.1 Å². The van der Waals surface area contributed by atoms with E-state index in [1.54, 1.807) is 6.92 Å². The third-order valence-corrected chi connectivity index (χ3v) is 3.02. The SMILES string of the molecule is CCCCc1ccc(NCC(O)CC(=O)OCC)cc1. The second-order valence-corrected chi connectivity index (χ2v) is 4.84. The van der Waals surface area contributed by atoms with Crippen molar-refractivity contribution in [1.82, 2.24) is 0 Å². The number of ether oxygens (including phenoxy) is 1. The van der Waals surface area contributed by atoms with Gasteiger partial charge >= 0.3 is 5.97 Å². The van der Waals surface area contributed by atoms with Gasteiger partial charge in [-0.3, -0.25) is 4.79 Å². The zero-order chi connectivity index (χ0) is 14.8. The lowest BCUT2D eigenvalue weighted by atomic mass is 10.1. The van der Waals surface area contributed by atoms with Crippen LogP contribution in [0.3, 0.4) is 0 Å². The maximum absolute atomic E-state index is 11.2. The van der Waals surface area contributed by atoms with Crippen LogP contribution < -0.4 is 5.32 Å². The summed E-state index contributed by atoms with van der Waals surface area (Å²) in [5, 5.41) is 12.8. The predicted molar refractivity (Wildman–Crippen MR) is 80.8 cm³/mol. The van der Waals surface area contributed by atoms with E-state index in [0.29, 0.717) is 13.2 Å². The summed E-state index contributed by atoms with van der Waals surface area (Å²) in [5.74, 6) is -0.364. The molecule has 2 N–H and O–H groups in total. The number of anilines is 1. The monoisotopic (exact) mass is 279 g/mol. The van der Waals surface area contributed by atoms with Crippen molar-refractivity contribution in [2.75, 3.05) is 18.5 Å². The molecule has 0 saturated heterocycles. The van der Waals surface area contributed by atoms with Crippen LogP contribution >= 0.6 is 0 Å². The van der Waals surface area contributed by atoms with Gasteiger partial charge in [-0.1, -0.05) is 25.5 Å². The molecule has 0 aliphatic carbocycles. The summed E-state index contributed by atoms with van der Waals surface area (Å²) in [4.78, 5) is 11.2. The fraction of sp³-hybridized carbons (Fsp3) is 0.562. The van der Waals surface area contributed by atoms with Crippen LogP contribution in [0.1, 0.15) is 38.7 Å². The minimum Gasteiger partial charge on any atom is -0.466 e. The van der Waals surface area contributed by atoms with Gasteiger partial charge in [-0.15, -0.1) is 0 Å². The number of aliphatic hydroxyl groups is 1. The molecule has 1 atom stereocenters. The third kappa shape index (κ3) is 6.57. The molecule has 0 spiro atoms. The summed E-state index contributed by atoms with van der Waals surface area (Å²) in [5.41, 5.74) is 2.28. The molecule has 4 nitrogen and oxygen atoms in total. The fourth-order valence-electron chi connectivity index (χ4n) is 1.89. The van der Waals surface area contributed by atoms with E-state index < -0.39 is 6.10 Å². The number of hydrogen-bond acceptors (Lipinski definition) is 4. The van der Waals surface area contributed by atoms with Crippen LogP contribution in [0.15, 0.2) is 24.3 Å². The number of nitrogens with one attached hydrogen (secondary N) is 1. The van der Waals surface area contributed by atoms with E-state index >= 15 is 0 Å². The van der Waals surface area contributed by atoms with Crippen molar-refractivity contribution in [3.63, 3.8) is 0 Å². The molecular weight excluding hydrogens is 254 g/mol. The Hall–Kier alpha value is -1.55. The Balaban J connectivity index is 2.32. The molecule has 0 saturated carbocycles. The molecule has 1 aromatic carbocycles. The average Bonchev–Trinajstić information content (AvgIpc) is 2.44. The highest BCUT2D eigenvalue weighted by molar-refractivity contribution is 5.70. The molecule has 0 fully saturated rings. The van der Waals surface area contributed by atoms with Crippen LogP contribution in [-0.4, -0.2) is 30.3 Å². The van der Waals surface area contributed by atoms with Crippen LogP contribution in [0.4, 0.5) is 5.69 Å². The maximum Gasteiger partial charge on any atom is 0.308 e. The number of hydrogen-bond donors (Lipinski definition) is 2. The second-order valence-electron chi connectivity index (χ2n) is 4.84. The zero-order valence-electron chi connectivity index (χ0n) is 12.4. The van der Waals surface area contributed by atoms with Gasteiger partial charge in [0.1, 0.15) is 0 Å². The van der Waals surface area contributed by atoms with Crippen LogP contribution in [0.2, 0.25) is 0 Å². The maximum atomic E-state index is 11.2. The molecule has 0 bridgehead atoms. The second kappa shape index (κ2) is 9.37. The van der Waals surface area contributed by atoms with E-state index in [-0.39, 0.29) is 12.4 Å². The topological polar surface area (TPSA) is 58.6 Å². The molecule has 0 heterocycles. The Bertz CT molecular complexity index is 389. The number of aliphatic hydroxyl groups excluding tert-OH is 1. The number of carbonyl (C=O) groups excluding carboxylic acids is 1. The summed E-state index contributed by atoms with van der Waals surface area (Å²) >= 11 is 0. The average molecular weight is 279 g/mol. The predicted octanol–water partition coefficient (Wildman–Crippen LogP) is 2.76. The van der Waals surface area contributed by atoms with Crippen molar-refractivity contribution >= 4 is 11.7 Å². The van der Waals surface area contributed by atoms with Gasteiger partial charge in [0, 0.05) is 12.2 Å². The van der Waals surface area contributed by atoms with E-state index in [1.807, 2.05) is 12.1 Å². The third-order valence-electron chi connectivity index (χ3n) is 3.02. The number of esters is 1. The molecule has 0 aliphatic rings. The molecule has 0 amide bonds. The normalized spacial score (nSPS) is 11.9. The Kier molecular flexibility index (Phi) is 7.73. The van der Waals surface area contributed by atoms with Crippen molar-refractivity contribution in [2.24, 2.45) is 0 Å². The molecule has 0 aromatic heterocycles. The van der Waals surface area contributed by atoms with Crippen LogP contribution in [0.25, 0.3) is 0 Å². The molecular formula is C16H25NO3. The Morgan fingerprint density at radius 2 is 2.00 bits per heavy atom. The molecule has 0 radical (unpaired) electrons. The van der Waals surface area contributed by atoms with E-state index in [9.17, 15) is 9.90 Å². The van der Waals surface area contributed by atoms with E-state index in [4.69, 9.17) is 4.74 Å². The van der Waals surface area contributed by atoms with Crippen molar-refractivity contribution < 1.29 is 14.6 Å². The Morgan fingerprint density at radius 1 is 1.30 bits per heavy atom. The first-order valence-electron chi connectivity index (χ1n) is 7.32. The van der Waals surface area contributed by atoms with Gasteiger partial charge in [0.15, 0.2) is 0 Å². The van der Waals surface area contributed by atoms with Crippen LogP contribution in [0, 0.1) is 0 Å². The minimum absolute atomic E-state index is 0.0232. The largest absolute Gasteiger partial charge is 0.466 e. The molecule has 1 unspecified atom stereocenters. The molecule has 1 rings (SSSR count). The van der Waals surface area contributed by atoms with Gasteiger partial charge in [0.25, 0.3) is 0 Å². The van der Waals surface area contributed by atoms with Gasteiger partial charge in [-0.05, 0) is 37.5 Å². The number of unbranched alkanes of at least 4 members (excludes halogenated alkanes) is 1. The molecule has 112 valence electrons. The lowest BCUT2D eigenvalue weighted by molar-refractivity contribution is -0.145. The van der Waals surface area contributed by atoms with Crippen LogP contribution in [0.5, 0.6) is 0 Å². The summed E-state index contributed by atoms with van der Waals surface area (Å²) in [7, 11) is 0. The summed E-state index contributed by atoms with van der Waals surface area (Å²) in [6.07, 6.45) is 2.79. The number of benzene rings is 1. The highest BCUT2D eigenvalue weighted by atomic mass is 16.5. The number of carbonyl (C=O) groups is 1. The van der Waals surface area contributed by atoms with Gasteiger partial charge in [-0.2, -0.15) is 0 Å². The molecule has 20 heavy (non-hydrogen) atoms. The number of rotatable bonds is 9. The highest BCUT2D eigenvalue weighted by Gasteiger charge is 2.11. The quantitative estimate of drug-likeness (QED) is 0.682. The summed E-state index contributed by atoms with van der Waals surface area (Å²) in [6.45, 7) is 4.62. The van der Waals surface area contributed by atoms with Crippen molar-refractivity contribution in [3.8, 4) is 0 Å². The van der Waals surface area contributed by atoms with E-state index in [2.05, 4.69) is 24.4 Å². The first-order chi connectivity index (χ1) is 9.65. The van der Waals surface area contributed by atoms with Gasteiger partial charge in [-0.25, -0.2) is 0 Å². The zero-order valence-corrected chi connectivity index (χ0v) is 12.4. The lowest BCUT2D eigenvalue weighted by Gasteiger charge is -2.12. The molecule has 0 aliphatic heterocycles. The minimum atomic E-state index is -0.728. The lowest BCUT2D eigenvalue weighted by Crippen LogP contribution is -2.23. The van der Waals surface area contributed by atoms with Crippen molar-refractivity contribution in [3.05, 3.63) is 29.8 Å². The fourth-order valence-corrected chi connectivity index (χ4v) is 1.89. The number of aryl methyl sites for hydroxylation is 1. The van der Waals surface area contributed by atoms with Gasteiger partial charge < -0.3 is 15.2 Å². The van der Waals surface area contributed by atoms with Crippen molar-refractivity contribution in [2.45, 2.75) is 45.6 Å². The smallest absolute Gasteiger partial charge is 0.308 e. The first kappa shape index (κ1) is 16.5. The molecule has 4 heteroatoms. The van der Waals surface area contributed by atoms with Crippen molar-refractivity contribution in [1.29, 1.82) is 0 Å². The highest BCUT2D eigenvalue weighted by Crippen LogP contribution is 2.12. The summed E-state index contributed by atoms with van der Waals surface area (Å²) < 4.78 is 4.79. The first-order valence-corrected chi connectivity index (χ1v) is 7.32. The van der Waals surface area contributed by atoms with E-state index in [1.165, 1.54) is 18.4 Å². The van der Waals surface area contributed by atoms with Crippen LogP contribution in [-0.2, 0) is 16.0 Å². The Labute approximate surface area is 121 Å². The standard InChI is InChI=1S/C16H25NO3/c1-3-5-6-13-7-9-14(10-8-13)17-12-15(18)11-16(19)20-4-2/h7-10,15,17-18H,3-6,11-12H2,1-2H3. The van der Waals surface area contributed by atoms with Gasteiger partial charge in [0.2, 0.25) is 0 Å². The Morgan fingerprint density at radius 3 is 2.60 bits per heavy atom. The molecule has 1 aromatic rings. The summed E-state index contributed by atoms with van der Waals surface area (Å²) in [6, 6.07) is 8.19.